The average molecular weight is 929 g/mol. The zero-order chi connectivity index (χ0) is 47.5. The van der Waals surface area contributed by atoms with E-state index in [1.807, 2.05) is 0 Å². The second-order valence-electron chi connectivity index (χ2n) is 19.7. The molecular formula is C68H40N4O. The Balaban J connectivity index is 0.810. The number of hydrogen-bond donors (Lipinski definition) is 0. The smallest absolute Gasteiger partial charge is 0.136 e. The molecule has 0 amide bonds. The maximum atomic E-state index is 6.88. The molecule has 0 unspecified atom stereocenters. The molecule has 12 aromatic carbocycles. The summed E-state index contributed by atoms with van der Waals surface area (Å²) in [4.78, 5) is 4.80. The summed E-state index contributed by atoms with van der Waals surface area (Å²) < 4.78 is 11.8. The highest BCUT2D eigenvalue weighted by molar-refractivity contribution is 6.26. The fraction of sp³-hybridized carbons (Fsp3) is 0. The van der Waals surface area contributed by atoms with Crippen molar-refractivity contribution in [3.63, 3.8) is 0 Å². The Hall–Kier alpha value is -9.84. The lowest BCUT2D eigenvalue weighted by molar-refractivity contribution is 0.670. The van der Waals surface area contributed by atoms with Crippen LogP contribution < -0.4 is 9.80 Å². The van der Waals surface area contributed by atoms with Crippen LogP contribution in [0.1, 0.15) is 0 Å². The minimum absolute atomic E-state index is 0.872. The third-order valence-corrected chi connectivity index (χ3v) is 15.8. The first kappa shape index (κ1) is 38.9. The van der Waals surface area contributed by atoms with Gasteiger partial charge in [0.25, 0.3) is 0 Å². The Morgan fingerprint density at radius 2 is 0.575 bits per heavy atom. The highest BCUT2D eigenvalue weighted by Gasteiger charge is 2.24. The molecule has 0 aliphatic rings. The number of aromatic nitrogens is 2. The van der Waals surface area contributed by atoms with Crippen molar-refractivity contribution < 1.29 is 4.42 Å². The summed E-state index contributed by atoms with van der Waals surface area (Å²) in [6.07, 6.45) is 0. The van der Waals surface area contributed by atoms with Crippen LogP contribution in [-0.2, 0) is 0 Å². The Kier molecular flexibility index (Phi) is 7.67. The normalized spacial score (nSPS) is 12.4. The van der Waals surface area contributed by atoms with Crippen LogP contribution in [0.25, 0.3) is 120 Å². The quantitative estimate of drug-likeness (QED) is 0.166. The Labute approximate surface area is 417 Å². The third-order valence-electron chi connectivity index (χ3n) is 15.8. The number of fused-ring (bicyclic) bond motifs is 17. The van der Waals surface area contributed by atoms with Gasteiger partial charge in [-0.3, -0.25) is 0 Å². The van der Waals surface area contributed by atoms with Crippen molar-refractivity contribution >= 4 is 154 Å². The van der Waals surface area contributed by atoms with E-state index in [9.17, 15) is 0 Å². The largest absolute Gasteiger partial charge is 0.456 e. The van der Waals surface area contributed by atoms with Crippen LogP contribution in [0.3, 0.4) is 0 Å². The van der Waals surface area contributed by atoms with Gasteiger partial charge in [-0.25, -0.2) is 0 Å². The lowest BCUT2D eigenvalue weighted by Crippen LogP contribution is -2.09. The number of rotatable bonds is 6. The number of para-hydroxylation sites is 6. The molecule has 0 saturated carbocycles. The lowest BCUT2D eigenvalue weighted by atomic mass is 10.0. The van der Waals surface area contributed by atoms with E-state index in [1.165, 1.54) is 76.2 Å². The molecule has 0 aliphatic carbocycles. The minimum atomic E-state index is 0.872. The first-order valence-electron chi connectivity index (χ1n) is 25.1. The maximum Gasteiger partial charge on any atom is 0.136 e. The number of benzene rings is 12. The molecule has 5 heteroatoms. The van der Waals surface area contributed by atoms with Crippen LogP contribution in [0.4, 0.5) is 34.1 Å². The molecule has 5 heterocycles. The van der Waals surface area contributed by atoms with Crippen molar-refractivity contribution in [2.45, 2.75) is 0 Å². The highest BCUT2D eigenvalue weighted by atomic mass is 16.3. The molecule has 17 rings (SSSR count). The van der Waals surface area contributed by atoms with Crippen molar-refractivity contribution in [3.05, 3.63) is 243 Å². The second-order valence-corrected chi connectivity index (χ2v) is 19.7. The zero-order valence-corrected chi connectivity index (χ0v) is 39.3. The van der Waals surface area contributed by atoms with Gasteiger partial charge in [-0.1, -0.05) is 121 Å². The van der Waals surface area contributed by atoms with Gasteiger partial charge in [0.15, 0.2) is 0 Å². The Morgan fingerprint density at radius 3 is 0.945 bits per heavy atom. The van der Waals surface area contributed by atoms with Crippen molar-refractivity contribution in [3.8, 4) is 0 Å². The van der Waals surface area contributed by atoms with Crippen molar-refractivity contribution in [2.24, 2.45) is 0 Å². The van der Waals surface area contributed by atoms with Crippen molar-refractivity contribution in [1.82, 2.24) is 8.80 Å². The molecule has 5 nitrogen and oxygen atoms in total. The molecule has 0 spiro atoms. The molecular weight excluding hydrogens is 889 g/mol. The third kappa shape index (κ3) is 5.40. The van der Waals surface area contributed by atoms with Crippen molar-refractivity contribution in [1.29, 1.82) is 0 Å². The van der Waals surface area contributed by atoms with Crippen LogP contribution in [0.2, 0.25) is 0 Å². The second kappa shape index (κ2) is 14.4. The SMILES string of the molecule is c1ccc(N(c2ccc3cc4c(cc3c2)oc2cc3cc(N(c5ccccc5)c5cc6c7ccccc7n7c8ccccc8c(c5)c67)ccc3cc24)c2cc3c4ccccc4n4c5ccccc5c(c2)c34)cc1. The average Bonchev–Trinajstić information content (AvgIpc) is 4.25. The summed E-state index contributed by atoms with van der Waals surface area (Å²) in [5, 5.41) is 16.8. The summed E-state index contributed by atoms with van der Waals surface area (Å²) in [6, 6.07) is 89.0. The van der Waals surface area contributed by atoms with E-state index in [4.69, 9.17) is 4.42 Å². The van der Waals surface area contributed by atoms with Gasteiger partial charge in [-0.15, -0.1) is 0 Å². The summed E-state index contributed by atoms with van der Waals surface area (Å²) in [5.41, 5.74) is 15.8. The molecule has 0 aliphatic heterocycles. The molecule has 0 saturated heterocycles. The molecule has 5 aromatic heterocycles. The maximum absolute atomic E-state index is 6.88. The van der Waals surface area contributed by atoms with Gasteiger partial charge in [0.05, 0.1) is 33.1 Å². The Morgan fingerprint density at radius 1 is 0.233 bits per heavy atom. The van der Waals surface area contributed by atoms with E-state index in [1.54, 1.807) is 0 Å². The number of hydrogen-bond acceptors (Lipinski definition) is 3. The highest BCUT2D eigenvalue weighted by Crippen LogP contribution is 2.48. The van der Waals surface area contributed by atoms with Gasteiger partial charge in [0, 0.05) is 88.0 Å². The molecule has 338 valence electrons. The summed E-state index contributed by atoms with van der Waals surface area (Å²) in [5.74, 6) is 0. The molecule has 0 atom stereocenters. The fourth-order valence-corrected chi connectivity index (χ4v) is 12.7. The predicted octanol–water partition coefficient (Wildman–Crippen LogP) is 19.1. The minimum Gasteiger partial charge on any atom is -0.456 e. The van der Waals surface area contributed by atoms with Gasteiger partial charge in [0.2, 0.25) is 0 Å². The van der Waals surface area contributed by atoms with Gasteiger partial charge >= 0.3 is 0 Å². The van der Waals surface area contributed by atoms with Gasteiger partial charge in [-0.2, -0.15) is 0 Å². The topological polar surface area (TPSA) is 28.4 Å². The predicted molar refractivity (Wildman–Crippen MR) is 307 cm³/mol. The van der Waals surface area contributed by atoms with Crippen LogP contribution in [-0.4, -0.2) is 8.80 Å². The van der Waals surface area contributed by atoms with E-state index < -0.39 is 0 Å². The first-order chi connectivity index (χ1) is 36.2. The van der Waals surface area contributed by atoms with E-state index in [0.717, 1.165) is 77.6 Å². The molecule has 0 bridgehead atoms. The van der Waals surface area contributed by atoms with Gasteiger partial charge in [0.1, 0.15) is 11.2 Å². The van der Waals surface area contributed by atoms with Crippen LogP contribution in [0, 0.1) is 0 Å². The first-order valence-corrected chi connectivity index (χ1v) is 25.1. The Bertz CT molecular complexity index is 4620. The van der Waals surface area contributed by atoms with Gasteiger partial charge < -0.3 is 23.0 Å². The molecule has 0 radical (unpaired) electrons. The van der Waals surface area contributed by atoms with Crippen LogP contribution >= 0.6 is 0 Å². The molecule has 0 N–H and O–H groups in total. The number of furan rings is 1. The monoisotopic (exact) mass is 928 g/mol. The van der Waals surface area contributed by atoms with Crippen LogP contribution in [0.15, 0.2) is 247 Å². The molecule has 73 heavy (non-hydrogen) atoms. The molecule has 17 aromatic rings. The fourth-order valence-electron chi connectivity index (χ4n) is 12.7. The number of nitrogens with zero attached hydrogens (tertiary/aromatic N) is 4. The summed E-state index contributed by atoms with van der Waals surface area (Å²) in [7, 11) is 0. The van der Waals surface area contributed by atoms with Gasteiger partial charge in [-0.05, 0) is 143 Å². The van der Waals surface area contributed by atoms with Crippen molar-refractivity contribution in [2.75, 3.05) is 9.80 Å². The van der Waals surface area contributed by atoms with E-state index in [-0.39, 0.29) is 0 Å². The zero-order valence-electron chi connectivity index (χ0n) is 39.3. The molecule has 0 fully saturated rings. The standard InChI is InChI=1S/C68H40N4O/c1-3-15-45(16-4-1)69(49-37-57-51-19-7-11-23-61(51)71-62-24-12-8-20-52(62)58(38-49)67(57)71)47-29-27-41-33-55-56-34-42-28-30-48(32-44(42)36-66(56)73-65(55)35-43(41)31-47)70(46-17-5-2-6-18-46)50-39-59-53-21-9-13-25-63(53)72-64-26-14-10-22-54(64)60(40-50)68(59)72/h1-40H. The van der Waals surface area contributed by atoms with E-state index >= 15 is 0 Å². The summed E-state index contributed by atoms with van der Waals surface area (Å²) in [6.45, 7) is 0. The lowest BCUT2D eigenvalue weighted by Gasteiger charge is -2.26. The van der Waals surface area contributed by atoms with Crippen LogP contribution in [0.5, 0.6) is 0 Å². The van der Waals surface area contributed by atoms with E-state index in [2.05, 4.69) is 261 Å². The number of anilines is 6. The summed E-state index contributed by atoms with van der Waals surface area (Å²) >= 11 is 0. The van der Waals surface area contributed by atoms with E-state index in [0.29, 0.717) is 0 Å².